The van der Waals surface area contributed by atoms with Crippen LogP contribution in [0.5, 0.6) is 0 Å². The molecule has 13 heavy (non-hydrogen) atoms. The third-order valence-corrected chi connectivity index (χ3v) is 1.28. The summed E-state index contributed by atoms with van der Waals surface area (Å²) in [5, 5.41) is 0. The maximum absolute atomic E-state index is 12.0. The lowest BCUT2D eigenvalue weighted by atomic mass is 10.3. The molecule has 0 bridgehead atoms. The molecule has 0 aromatic rings. The highest BCUT2D eigenvalue weighted by Gasteiger charge is 2.31. The van der Waals surface area contributed by atoms with Gasteiger partial charge in [0.05, 0.1) is 0 Å². The summed E-state index contributed by atoms with van der Waals surface area (Å²) in [6, 6.07) is 0. The van der Waals surface area contributed by atoms with E-state index in [2.05, 4.69) is 4.99 Å². The summed E-state index contributed by atoms with van der Waals surface area (Å²) < 4.78 is 35.9. The monoisotopic (exact) mass is 191 g/mol. The van der Waals surface area contributed by atoms with Crippen LogP contribution >= 0.6 is 0 Å². The number of hydrogen-bond acceptors (Lipinski definition) is 1. The molecule has 0 heterocycles. The number of aliphatic imine (C=N–C) groups is 1. The van der Waals surface area contributed by atoms with Crippen molar-refractivity contribution in [3.05, 3.63) is 23.9 Å². The van der Waals surface area contributed by atoms with Gasteiger partial charge in [-0.1, -0.05) is 12.2 Å². The van der Waals surface area contributed by atoms with Crippen molar-refractivity contribution in [2.24, 2.45) is 4.99 Å². The van der Waals surface area contributed by atoms with Gasteiger partial charge in [0.25, 0.3) is 0 Å². The average Bonchev–Trinajstić information content (AvgIpc) is 1.99. The molecular weight excluding hydrogens is 179 g/mol. The third kappa shape index (κ3) is 5.22. The van der Waals surface area contributed by atoms with Crippen molar-refractivity contribution in [2.75, 3.05) is 0 Å². The summed E-state index contributed by atoms with van der Waals surface area (Å²) in [6.07, 6.45) is 0.560. The normalized spacial score (nSPS) is 15.5. The van der Waals surface area contributed by atoms with Crippen LogP contribution < -0.4 is 0 Å². The second-order valence-electron chi connectivity index (χ2n) is 2.53. The van der Waals surface area contributed by atoms with Crippen LogP contribution in [0.25, 0.3) is 0 Å². The zero-order valence-corrected chi connectivity index (χ0v) is 7.81. The van der Waals surface area contributed by atoms with Crippen molar-refractivity contribution >= 4 is 5.71 Å². The quantitative estimate of drug-likeness (QED) is 0.468. The largest absolute Gasteiger partial charge is 0.429 e. The molecule has 0 aliphatic heterocycles. The minimum Gasteiger partial charge on any atom is -0.253 e. The molecule has 0 aromatic carbocycles. The molecule has 0 rings (SSSR count). The molecule has 0 atom stereocenters. The molecule has 0 N–H and O–H groups in total. The Morgan fingerprint density at radius 3 is 2.15 bits per heavy atom. The second kappa shape index (κ2) is 4.84. The van der Waals surface area contributed by atoms with Crippen LogP contribution in [0.2, 0.25) is 0 Å². The molecular formula is C9H12F3N. The molecule has 0 radical (unpaired) electrons. The molecule has 0 amide bonds. The minimum atomic E-state index is -4.33. The Balaban J connectivity index is 4.57. The van der Waals surface area contributed by atoms with Gasteiger partial charge in [-0.05, 0) is 26.8 Å². The number of alkyl halides is 3. The van der Waals surface area contributed by atoms with Gasteiger partial charge in [0.15, 0.2) is 0 Å². The van der Waals surface area contributed by atoms with Gasteiger partial charge in [-0.3, -0.25) is 4.99 Å². The highest BCUT2D eigenvalue weighted by Crippen LogP contribution is 2.18. The van der Waals surface area contributed by atoms with Crippen molar-refractivity contribution in [1.82, 2.24) is 0 Å². The van der Waals surface area contributed by atoms with Crippen molar-refractivity contribution in [1.29, 1.82) is 0 Å². The summed E-state index contributed by atoms with van der Waals surface area (Å²) in [5.41, 5.74) is -0.487. The van der Waals surface area contributed by atoms with E-state index in [1.807, 2.05) is 0 Å². The molecule has 0 saturated heterocycles. The van der Waals surface area contributed by atoms with Gasteiger partial charge < -0.3 is 0 Å². The predicted molar refractivity (Wildman–Crippen MR) is 47.7 cm³/mol. The third-order valence-electron chi connectivity index (χ3n) is 1.28. The van der Waals surface area contributed by atoms with Crippen molar-refractivity contribution in [2.45, 2.75) is 26.9 Å². The fourth-order valence-electron chi connectivity index (χ4n) is 0.601. The number of rotatable bonds is 2. The number of allylic oxidation sites excluding steroid dienone is 4. The zero-order valence-electron chi connectivity index (χ0n) is 7.81. The predicted octanol–water partition coefficient (Wildman–Crippen LogP) is 3.49. The molecule has 4 heteroatoms. The van der Waals surface area contributed by atoms with Gasteiger partial charge in [0.1, 0.15) is 5.71 Å². The first-order valence-electron chi connectivity index (χ1n) is 3.80. The number of halogens is 3. The summed E-state index contributed by atoms with van der Waals surface area (Å²) in [7, 11) is 0. The van der Waals surface area contributed by atoms with E-state index in [0.717, 1.165) is 6.92 Å². The summed E-state index contributed by atoms with van der Waals surface area (Å²) >= 11 is 0. The lowest BCUT2D eigenvalue weighted by Gasteiger charge is -2.04. The van der Waals surface area contributed by atoms with Crippen LogP contribution in [0.1, 0.15) is 20.8 Å². The maximum Gasteiger partial charge on any atom is 0.429 e. The Kier molecular flexibility index (Phi) is 4.45. The molecule has 0 aromatic heterocycles. The van der Waals surface area contributed by atoms with Gasteiger partial charge in [-0.15, -0.1) is 0 Å². The fourth-order valence-corrected chi connectivity index (χ4v) is 0.601. The highest BCUT2D eigenvalue weighted by molar-refractivity contribution is 5.88. The Morgan fingerprint density at radius 1 is 1.23 bits per heavy atom. The van der Waals surface area contributed by atoms with Crippen molar-refractivity contribution in [3.8, 4) is 0 Å². The first-order chi connectivity index (χ1) is 5.88. The van der Waals surface area contributed by atoms with Gasteiger partial charge in [0, 0.05) is 5.70 Å². The van der Waals surface area contributed by atoms with Gasteiger partial charge in [-0.25, -0.2) is 0 Å². The lowest BCUT2D eigenvalue weighted by molar-refractivity contribution is -0.0592. The first kappa shape index (κ1) is 11.9. The van der Waals surface area contributed by atoms with E-state index >= 15 is 0 Å². The summed E-state index contributed by atoms with van der Waals surface area (Å²) in [5.74, 6) is 0. The number of hydrogen-bond donors (Lipinski definition) is 0. The van der Waals surface area contributed by atoms with Crippen LogP contribution in [0.15, 0.2) is 28.9 Å². The van der Waals surface area contributed by atoms with E-state index in [1.165, 1.54) is 13.0 Å². The molecule has 0 unspecified atom stereocenters. The first-order valence-corrected chi connectivity index (χ1v) is 3.80. The Hall–Kier alpha value is -1.06. The smallest absolute Gasteiger partial charge is 0.253 e. The van der Waals surface area contributed by atoms with E-state index in [-0.39, 0.29) is 0 Å². The molecule has 0 aliphatic carbocycles. The van der Waals surface area contributed by atoms with E-state index in [4.69, 9.17) is 0 Å². The summed E-state index contributed by atoms with van der Waals surface area (Å²) in [6.45, 7) is 4.26. The molecule has 0 aliphatic rings. The SMILES string of the molecule is C\C=C/C=C(C)\N=C(/C)C(F)(F)F. The van der Waals surface area contributed by atoms with Crippen LogP contribution in [-0.4, -0.2) is 11.9 Å². The van der Waals surface area contributed by atoms with E-state index in [0.29, 0.717) is 5.70 Å². The van der Waals surface area contributed by atoms with Crippen molar-refractivity contribution in [3.63, 3.8) is 0 Å². The Morgan fingerprint density at radius 2 is 1.77 bits per heavy atom. The molecule has 0 saturated carbocycles. The van der Waals surface area contributed by atoms with Crippen LogP contribution in [0.3, 0.4) is 0 Å². The van der Waals surface area contributed by atoms with E-state index in [1.54, 1.807) is 19.1 Å². The van der Waals surface area contributed by atoms with Gasteiger partial charge in [-0.2, -0.15) is 13.2 Å². The van der Waals surface area contributed by atoms with E-state index in [9.17, 15) is 13.2 Å². The minimum absolute atomic E-state index is 0.341. The van der Waals surface area contributed by atoms with E-state index < -0.39 is 11.9 Å². The van der Waals surface area contributed by atoms with Gasteiger partial charge >= 0.3 is 6.18 Å². The average molecular weight is 191 g/mol. The zero-order chi connectivity index (χ0) is 10.5. The maximum atomic E-state index is 12.0. The molecule has 74 valence electrons. The Bertz CT molecular complexity index is 246. The second-order valence-corrected chi connectivity index (χ2v) is 2.53. The standard InChI is InChI=1S/C9H12F3N/c1-4-5-6-7(2)13-8(3)9(10,11)12/h4-6H,1-3H3/b5-4-,7-6-,13-8+. The Labute approximate surface area is 75.7 Å². The topological polar surface area (TPSA) is 12.4 Å². The van der Waals surface area contributed by atoms with Crippen LogP contribution in [0, 0.1) is 0 Å². The van der Waals surface area contributed by atoms with Gasteiger partial charge in [0.2, 0.25) is 0 Å². The fraction of sp³-hybridized carbons (Fsp3) is 0.444. The molecule has 0 fully saturated rings. The van der Waals surface area contributed by atoms with Crippen LogP contribution in [-0.2, 0) is 0 Å². The summed E-state index contributed by atoms with van der Waals surface area (Å²) in [4.78, 5) is 3.39. The highest BCUT2D eigenvalue weighted by atomic mass is 19.4. The van der Waals surface area contributed by atoms with Crippen molar-refractivity contribution < 1.29 is 13.2 Å². The molecule has 1 nitrogen and oxygen atoms in total. The lowest BCUT2D eigenvalue weighted by Crippen LogP contribution is -2.19. The van der Waals surface area contributed by atoms with Crippen LogP contribution in [0.4, 0.5) is 13.2 Å². The molecule has 0 spiro atoms. The number of nitrogens with zero attached hydrogens (tertiary/aromatic N) is 1.